The molecule has 0 saturated carbocycles. The Kier molecular flexibility index (Phi) is 9.90. The van der Waals surface area contributed by atoms with Gasteiger partial charge in [-0.05, 0) is 134 Å². The van der Waals surface area contributed by atoms with Gasteiger partial charge in [0.1, 0.15) is 0 Å². The summed E-state index contributed by atoms with van der Waals surface area (Å²) in [5.41, 5.74) is 19.1. The van der Waals surface area contributed by atoms with Gasteiger partial charge in [-0.2, -0.15) is 0 Å². The van der Waals surface area contributed by atoms with Crippen molar-refractivity contribution in [2.45, 2.75) is 144 Å². The van der Waals surface area contributed by atoms with Crippen molar-refractivity contribution in [3.05, 3.63) is 124 Å². The van der Waals surface area contributed by atoms with Crippen molar-refractivity contribution in [2.75, 3.05) is 9.80 Å². The molecule has 0 saturated heterocycles. The average Bonchev–Trinajstić information content (AvgIpc) is 3.54. The van der Waals surface area contributed by atoms with E-state index in [2.05, 4.69) is 198 Å². The SMILES string of the molecule is CCCCC(C)(C)c1ccc(N2c3cc(C)cc4c3B(c3cc(C(C)(C)C)ccc3N4c3ccc(C(C)(C)C)cc3)c3sc4cc(C(C)(C)C)ccc4c32)cc1CC. The van der Waals surface area contributed by atoms with Gasteiger partial charge >= 0.3 is 0 Å². The zero-order valence-electron chi connectivity index (χ0n) is 37.9. The lowest BCUT2D eigenvalue weighted by Gasteiger charge is -2.44. The minimum atomic E-state index is 0.0130. The minimum Gasteiger partial charge on any atom is -0.311 e. The van der Waals surface area contributed by atoms with Crippen molar-refractivity contribution in [2.24, 2.45) is 0 Å². The maximum absolute atomic E-state index is 2.66. The van der Waals surface area contributed by atoms with Crippen molar-refractivity contribution in [3.63, 3.8) is 0 Å². The summed E-state index contributed by atoms with van der Waals surface area (Å²) in [4.78, 5) is 5.23. The Morgan fingerprint density at radius 3 is 1.79 bits per heavy atom. The van der Waals surface area contributed by atoms with E-state index in [0.29, 0.717) is 0 Å². The number of anilines is 6. The molecule has 0 spiro atoms. The molecule has 0 bridgehead atoms. The highest BCUT2D eigenvalue weighted by Gasteiger charge is 2.46. The Bertz CT molecular complexity index is 2530. The molecule has 0 atom stereocenters. The van der Waals surface area contributed by atoms with Crippen LogP contribution >= 0.6 is 11.3 Å². The highest BCUT2D eigenvalue weighted by atomic mass is 32.1. The van der Waals surface area contributed by atoms with E-state index < -0.39 is 0 Å². The second-order valence-corrected chi connectivity index (χ2v) is 22.2. The molecule has 0 amide bonds. The van der Waals surface area contributed by atoms with Crippen molar-refractivity contribution >= 4 is 78.0 Å². The van der Waals surface area contributed by atoms with Crippen LogP contribution < -0.4 is 25.5 Å². The van der Waals surface area contributed by atoms with Gasteiger partial charge in [0.25, 0.3) is 6.71 Å². The first-order valence-corrected chi connectivity index (χ1v) is 22.7. The molecular formula is C54H65BN2S. The summed E-state index contributed by atoms with van der Waals surface area (Å²) in [6, 6.07) is 36.4. The molecule has 0 radical (unpaired) electrons. The van der Waals surface area contributed by atoms with E-state index in [1.54, 1.807) is 0 Å². The molecule has 0 aliphatic carbocycles. The second-order valence-electron chi connectivity index (χ2n) is 21.1. The maximum Gasteiger partial charge on any atom is 0.264 e. The Labute approximate surface area is 354 Å². The third-order valence-electron chi connectivity index (χ3n) is 13.1. The number of nitrogens with zero attached hydrogens (tertiary/aromatic N) is 2. The van der Waals surface area contributed by atoms with E-state index in [9.17, 15) is 0 Å². The molecule has 0 unspecified atom stereocenters. The Hall–Kier alpha value is -4.28. The van der Waals surface area contributed by atoms with Gasteiger partial charge < -0.3 is 9.80 Å². The largest absolute Gasteiger partial charge is 0.311 e. The number of aryl methyl sites for hydroxylation is 2. The molecule has 2 aliphatic rings. The van der Waals surface area contributed by atoms with Crippen LogP contribution in [0.4, 0.5) is 34.1 Å². The molecule has 58 heavy (non-hydrogen) atoms. The second kappa shape index (κ2) is 14.2. The Morgan fingerprint density at radius 1 is 0.586 bits per heavy atom. The Balaban J connectivity index is 1.46. The number of fused-ring (bicyclic) bond motifs is 6. The van der Waals surface area contributed by atoms with Gasteiger partial charge in [-0.3, -0.25) is 0 Å². The van der Waals surface area contributed by atoms with Gasteiger partial charge in [0.15, 0.2) is 0 Å². The third kappa shape index (κ3) is 6.82. The molecule has 2 aliphatic heterocycles. The van der Waals surface area contributed by atoms with Crippen LogP contribution in [0, 0.1) is 6.92 Å². The number of hydrogen-bond donors (Lipinski definition) is 0. The first kappa shape index (κ1) is 40.5. The van der Waals surface area contributed by atoms with Crippen molar-refractivity contribution in [3.8, 4) is 0 Å². The summed E-state index contributed by atoms with van der Waals surface area (Å²) >= 11 is 2.02. The predicted molar refractivity (Wildman–Crippen MR) is 259 cm³/mol. The predicted octanol–water partition coefficient (Wildman–Crippen LogP) is 14.2. The summed E-state index contributed by atoms with van der Waals surface area (Å²) in [5.74, 6) is 0. The number of hydrogen-bond acceptors (Lipinski definition) is 3. The number of benzene rings is 5. The summed E-state index contributed by atoms with van der Waals surface area (Å²) in [7, 11) is 0. The summed E-state index contributed by atoms with van der Waals surface area (Å²) in [6.45, 7) is 32.9. The summed E-state index contributed by atoms with van der Waals surface area (Å²) in [6.07, 6.45) is 4.67. The van der Waals surface area contributed by atoms with E-state index in [1.165, 1.54) is 113 Å². The molecule has 1 aromatic heterocycles. The first-order chi connectivity index (χ1) is 27.2. The van der Waals surface area contributed by atoms with Crippen LogP contribution in [0.5, 0.6) is 0 Å². The van der Waals surface area contributed by atoms with Gasteiger partial charge in [-0.1, -0.05) is 145 Å². The quantitative estimate of drug-likeness (QED) is 0.149. The summed E-state index contributed by atoms with van der Waals surface area (Å²) in [5, 5.41) is 1.35. The molecule has 3 heterocycles. The molecule has 2 nitrogen and oxygen atoms in total. The van der Waals surface area contributed by atoms with E-state index in [4.69, 9.17) is 0 Å². The fourth-order valence-electron chi connectivity index (χ4n) is 9.64. The van der Waals surface area contributed by atoms with Gasteiger partial charge in [-0.15, -0.1) is 11.3 Å². The zero-order valence-corrected chi connectivity index (χ0v) is 38.7. The smallest absolute Gasteiger partial charge is 0.264 e. The Morgan fingerprint density at radius 2 is 1.17 bits per heavy atom. The van der Waals surface area contributed by atoms with E-state index >= 15 is 0 Å². The van der Waals surface area contributed by atoms with Crippen LogP contribution in [0.1, 0.15) is 143 Å². The summed E-state index contributed by atoms with van der Waals surface area (Å²) < 4.78 is 2.81. The minimum absolute atomic E-state index is 0.0130. The lowest BCUT2D eigenvalue weighted by Crippen LogP contribution is -2.60. The van der Waals surface area contributed by atoms with Crippen molar-refractivity contribution in [1.82, 2.24) is 0 Å². The van der Waals surface area contributed by atoms with Gasteiger partial charge in [0.05, 0.1) is 5.69 Å². The monoisotopic (exact) mass is 784 g/mol. The highest BCUT2D eigenvalue weighted by Crippen LogP contribution is 2.50. The van der Waals surface area contributed by atoms with Gasteiger partial charge in [-0.25, -0.2) is 0 Å². The van der Waals surface area contributed by atoms with Crippen LogP contribution in [0.3, 0.4) is 0 Å². The van der Waals surface area contributed by atoms with Crippen molar-refractivity contribution < 1.29 is 0 Å². The number of thiophene rings is 1. The average molecular weight is 785 g/mol. The number of rotatable bonds is 7. The van der Waals surface area contributed by atoms with Crippen LogP contribution in [0.25, 0.3) is 10.1 Å². The molecular weight excluding hydrogens is 719 g/mol. The maximum atomic E-state index is 2.66. The van der Waals surface area contributed by atoms with Gasteiger partial charge in [0, 0.05) is 43.3 Å². The fourth-order valence-corrected chi connectivity index (χ4v) is 11.0. The molecule has 0 N–H and O–H groups in total. The zero-order chi connectivity index (χ0) is 41.7. The first-order valence-electron chi connectivity index (χ1n) is 21.9. The van der Waals surface area contributed by atoms with Crippen LogP contribution in [0.15, 0.2) is 91.0 Å². The lowest BCUT2D eigenvalue weighted by atomic mass is 9.36. The lowest BCUT2D eigenvalue weighted by molar-refractivity contribution is 0.454. The highest BCUT2D eigenvalue weighted by molar-refractivity contribution is 7.33. The third-order valence-corrected chi connectivity index (χ3v) is 14.3. The number of unbranched alkanes of at least 4 members (excludes halogenated alkanes) is 1. The van der Waals surface area contributed by atoms with E-state index in [1.807, 2.05) is 11.3 Å². The molecule has 4 heteroatoms. The van der Waals surface area contributed by atoms with Crippen LogP contribution in [-0.2, 0) is 28.1 Å². The van der Waals surface area contributed by atoms with Gasteiger partial charge in [0.2, 0.25) is 0 Å². The topological polar surface area (TPSA) is 6.48 Å². The standard InChI is InChI=1S/C54H65BN2S/c1-15-17-28-54(13,14)42-26-24-40(31-35(42)16-2)57-46-30-34(3)29-45-48(46)55(50-49(57)41-25-20-38(53(10,11)12)33-47(41)58-50)43-32-37(52(7,8)9)21-27-44(43)56(45)39-22-18-36(19-23-39)51(4,5)6/h18-27,29-33H,15-17,28H2,1-14H3. The molecule has 300 valence electrons. The van der Waals surface area contributed by atoms with Crippen molar-refractivity contribution in [1.29, 1.82) is 0 Å². The molecule has 6 aromatic rings. The normalized spacial score (nSPS) is 14.2. The molecule has 0 fully saturated rings. The van der Waals surface area contributed by atoms with E-state index in [0.717, 1.165) is 6.42 Å². The van der Waals surface area contributed by atoms with Crippen LogP contribution in [-0.4, -0.2) is 6.71 Å². The molecule has 5 aromatic carbocycles. The van der Waals surface area contributed by atoms with Crippen LogP contribution in [0.2, 0.25) is 0 Å². The molecule has 8 rings (SSSR count). The van der Waals surface area contributed by atoms with E-state index in [-0.39, 0.29) is 28.4 Å². The fraction of sp³-hybridized carbons (Fsp3) is 0.407.